The van der Waals surface area contributed by atoms with Crippen LogP contribution in [0.2, 0.25) is 0 Å². The summed E-state index contributed by atoms with van der Waals surface area (Å²) in [5, 5.41) is 23.0. The van der Waals surface area contributed by atoms with E-state index in [4.69, 9.17) is 22.9 Å². The number of nitrogens with two attached hydrogens (primary N) is 4. The molecule has 0 radical (unpaired) electrons. The van der Waals surface area contributed by atoms with Crippen LogP contribution in [0.15, 0.2) is 34.1 Å². The Hall–Kier alpha value is -2.17. The van der Waals surface area contributed by atoms with Gasteiger partial charge in [0.15, 0.2) is 0 Å². The molecule has 0 aliphatic carbocycles. The minimum absolute atomic E-state index is 0.0254. The van der Waals surface area contributed by atoms with Crippen LogP contribution in [0.5, 0.6) is 11.5 Å². The van der Waals surface area contributed by atoms with Gasteiger partial charge in [-0.25, -0.2) is 8.42 Å². The summed E-state index contributed by atoms with van der Waals surface area (Å²) in [4.78, 5) is -0.0508. The normalized spacial score (nSPS) is 13.6. The zero-order valence-corrected chi connectivity index (χ0v) is 27.2. The largest absolute Gasteiger partial charge is 0.507 e. The van der Waals surface area contributed by atoms with Crippen LogP contribution in [0.3, 0.4) is 0 Å². The maximum absolute atomic E-state index is 14.6. The Morgan fingerprint density at radius 3 is 0.805 bits per heavy atom. The van der Waals surface area contributed by atoms with Crippen molar-refractivity contribution in [3.05, 3.63) is 46.5 Å². The first-order valence-corrected chi connectivity index (χ1v) is 16.6. The van der Waals surface area contributed by atoms with Crippen LogP contribution in [-0.4, -0.2) is 18.6 Å². The molecule has 0 saturated heterocycles. The van der Waals surface area contributed by atoms with Crippen LogP contribution in [0, 0.1) is 0 Å². The minimum Gasteiger partial charge on any atom is -0.507 e. The second kappa shape index (κ2) is 12.6. The van der Waals surface area contributed by atoms with E-state index in [9.17, 15) is 18.6 Å². The standard InChI is InChI=1S/C32H54N4O4S/c1-9-29(33,10-2)23-17-21(18-24(27(23)37)30(34,11-3)12-4)41(39,40)22-19-25(31(35,13-5)14-6)28(38)26(20-22)32(36,15-7)16-8/h17-20,37-38H,9-16,33-36H2,1-8H3. The van der Waals surface area contributed by atoms with Gasteiger partial charge in [-0.1, -0.05) is 55.4 Å². The average Bonchev–Trinajstić information content (AvgIpc) is 2.99. The number of phenols is 2. The lowest BCUT2D eigenvalue weighted by Crippen LogP contribution is -2.39. The van der Waals surface area contributed by atoms with E-state index in [1.165, 1.54) is 24.3 Å². The summed E-state index contributed by atoms with van der Waals surface area (Å²) in [6.07, 6.45) is 3.85. The number of sulfone groups is 1. The zero-order chi connectivity index (χ0) is 31.6. The number of rotatable bonds is 14. The topological polar surface area (TPSA) is 179 Å². The Morgan fingerprint density at radius 1 is 0.488 bits per heavy atom. The molecular weight excluding hydrogens is 536 g/mol. The highest BCUT2D eigenvalue weighted by Gasteiger charge is 2.38. The molecule has 9 heteroatoms. The summed E-state index contributed by atoms with van der Waals surface area (Å²) in [5.41, 5.74) is 24.6. The lowest BCUT2D eigenvalue weighted by molar-refractivity contribution is 0.351. The van der Waals surface area contributed by atoms with Gasteiger partial charge in [-0.3, -0.25) is 0 Å². The Balaban J connectivity index is 3.13. The molecule has 41 heavy (non-hydrogen) atoms. The van der Waals surface area contributed by atoms with Crippen molar-refractivity contribution in [2.45, 2.75) is 139 Å². The molecule has 0 bridgehead atoms. The molecule has 0 aliphatic heterocycles. The maximum Gasteiger partial charge on any atom is 0.206 e. The van der Waals surface area contributed by atoms with Crippen molar-refractivity contribution in [1.82, 2.24) is 0 Å². The number of phenolic OH excluding ortho intramolecular Hbond substituents is 2. The van der Waals surface area contributed by atoms with Gasteiger partial charge in [-0.05, 0) is 75.6 Å². The second-order valence-corrected chi connectivity index (χ2v) is 13.6. The van der Waals surface area contributed by atoms with Gasteiger partial charge in [-0.15, -0.1) is 0 Å². The first-order chi connectivity index (χ1) is 19.0. The van der Waals surface area contributed by atoms with Crippen LogP contribution in [0.1, 0.15) is 129 Å². The monoisotopic (exact) mass is 590 g/mol. The van der Waals surface area contributed by atoms with Crippen molar-refractivity contribution in [3.8, 4) is 11.5 Å². The molecule has 2 aromatic carbocycles. The van der Waals surface area contributed by atoms with Crippen LogP contribution in [0.4, 0.5) is 0 Å². The molecule has 2 rings (SSSR count). The molecule has 10 N–H and O–H groups in total. The molecule has 0 fully saturated rings. The fourth-order valence-corrected chi connectivity index (χ4v) is 7.07. The Labute approximate surface area is 247 Å². The third-order valence-electron chi connectivity index (χ3n) is 9.98. The number of benzene rings is 2. The van der Waals surface area contributed by atoms with E-state index in [0.29, 0.717) is 73.6 Å². The summed E-state index contributed by atoms with van der Waals surface area (Å²) < 4.78 is 29.1. The molecule has 0 heterocycles. The molecule has 8 nitrogen and oxygen atoms in total. The summed E-state index contributed by atoms with van der Waals surface area (Å²) in [6.45, 7) is 15.3. The third-order valence-corrected chi connectivity index (χ3v) is 11.7. The molecule has 0 atom stereocenters. The molecule has 232 valence electrons. The van der Waals surface area contributed by atoms with E-state index >= 15 is 0 Å². The molecule has 0 aromatic heterocycles. The van der Waals surface area contributed by atoms with Crippen LogP contribution >= 0.6 is 0 Å². The number of hydrogen-bond donors (Lipinski definition) is 6. The highest BCUT2D eigenvalue weighted by molar-refractivity contribution is 7.91. The summed E-state index contributed by atoms with van der Waals surface area (Å²) >= 11 is 0. The van der Waals surface area contributed by atoms with Crippen LogP contribution in [0.25, 0.3) is 0 Å². The first-order valence-electron chi connectivity index (χ1n) is 15.1. The molecule has 0 unspecified atom stereocenters. The Kier molecular flexibility index (Phi) is 10.8. The van der Waals surface area contributed by atoms with Crippen molar-refractivity contribution in [1.29, 1.82) is 0 Å². The first kappa shape index (κ1) is 35.0. The maximum atomic E-state index is 14.6. The highest BCUT2D eigenvalue weighted by Crippen LogP contribution is 2.46. The lowest BCUT2D eigenvalue weighted by Gasteiger charge is -2.35. The average molecular weight is 591 g/mol. The van der Waals surface area contributed by atoms with E-state index in [0.717, 1.165) is 0 Å². The van der Waals surface area contributed by atoms with E-state index in [2.05, 4.69) is 0 Å². The molecule has 0 aliphatic rings. The van der Waals surface area contributed by atoms with Crippen molar-refractivity contribution < 1.29 is 18.6 Å². The van der Waals surface area contributed by atoms with Crippen molar-refractivity contribution >= 4 is 9.84 Å². The fourth-order valence-electron chi connectivity index (χ4n) is 5.70. The molecule has 0 saturated carbocycles. The van der Waals surface area contributed by atoms with E-state index < -0.39 is 32.0 Å². The molecular formula is C32H54N4O4S. The Morgan fingerprint density at radius 2 is 0.659 bits per heavy atom. The van der Waals surface area contributed by atoms with Gasteiger partial charge in [0.1, 0.15) is 11.5 Å². The predicted molar refractivity (Wildman–Crippen MR) is 167 cm³/mol. The van der Waals surface area contributed by atoms with Gasteiger partial charge >= 0.3 is 0 Å². The molecule has 0 spiro atoms. The highest BCUT2D eigenvalue weighted by atomic mass is 32.2. The summed E-state index contributed by atoms with van der Waals surface area (Å²) in [7, 11) is -4.21. The number of aromatic hydroxyl groups is 2. The van der Waals surface area contributed by atoms with E-state index in [1.54, 1.807) is 0 Å². The summed E-state index contributed by atoms with van der Waals surface area (Å²) in [6, 6.07) is 5.90. The predicted octanol–water partition coefficient (Wildman–Crippen LogP) is 5.83. The van der Waals surface area contributed by atoms with Gasteiger partial charge in [0, 0.05) is 44.4 Å². The quantitative estimate of drug-likeness (QED) is 0.159. The van der Waals surface area contributed by atoms with Crippen molar-refractivity contribution in [3.63, 3.8) is 0 Å². The number of hydrogen-bond acceptors (Lipinski definition) is 8. The SMILES string of the molecule is CCC(N)(CC)c1cc(S(=O)(=O)c2cc(C(N)(CC)CC)c(O)c(C(N)(CC)CC)c2)cc(C(N)(CC)CC)c1O. The van der Waals surface area contributed by atoms with Gasteiger partial charge in [0.25, 0.3) is 0 Å². The van der Waals surface area contributed by atoms with Gasteiger partial charge < -0.3 is 33.1 Å². The van der Waals surface area contributed by atoms with Crippen LogP contribution in [-0.2, 0) is 32.0 Å². The second-order valence-electron chi connectivity index (χ2n) is 11.7. The summed E-state index contributed by atoms with van der Waals surface area (Å²) in [5.74, 6) is -0.131. The Bertz CT molecular complexity index is 1150. The molecule has 2 aromatic rings. The van der Waals surface area contributed by atoms with E-state index in [-0.39, 0.29) is 21.3 Å². The third kappa shape index (κ3) is 6.02. The smallest absolute Gasteiger partial charge is 0.206 e. The molecule has 0 amide bonds. The fraction of sp³-hybridized carbons (Fsp3) is 0.625. The van der Waals surface area contributed by atoms with Crippen molar-refractivity contribution in [2.75, 3.05) is 0 Å². The zero-order valence-electron chi connectivity index (χ0n) is 26.4. The minimum atomic E-state index is -4.21. The van der Waals surface area contributed by atoms with Crippen LogP contribution < -0.4 is 22.9 Å². The van der Waals surface area contributed by atoms with Gasteiger partial charge in [-0.2, -0.15) is 0 Å². The van der Waals surface area contributed by atoms with Crippen molar-refractivity contribution in [2.24, 2.45) is 22.9 Å². The van der Waals surface area contributed by atoms with Gasteiger partial charge in [0.2, 0.25) is 9.84 Å². The van der Waals surface area contributed by atoms with Gasteiger partial charge in [0.05, 0.1) is 9.79 Å². The van der Waals surface area contributed by atoms with E-state index in [1.807, 2.05) is 55.4 Å². The lowest BCUT2D eigenvalue weighted by atomic mass is 9.79.